The first-order valence-electron chi connectivity index (χ1n) is 13.0. The molecule has 12 atom stereocenters. The van der Waals surface area contributed by atoms with Crippen molar-refractivity contribution in [3.63, 3.8) is 0 Å². The second-order valence-corrected chi connectivity index (χ2v) is 16.5. The number of H-pyrrole nitrogens is 2. The number of aromatic amines is 2. The van der Waals surface area contributed by atoms with Crippen LogP contribution in [0.15, 0.2) is 43.7 Å². The fourth-order valence-electron chi connectivity index (χ4n) is 4.31. The maximum absolute atomic E-state index is 12.3. The SMILES string of the molecule is O=c1ccn([C@H]2O[C@H](COP(=O)(O)OP(=O)(O)NP(=O)(O)OP(=O)(O)OC[C@H]3O[C@H](n4ccc(=O)[nH]c4=O)[C@H](O)[C@@H]3O)[C@@H](O)[C@H]2O)c(=O)[nH]1. The molecule has 0 aliphatic carbocycles. The third-order valence-electron chi connectivity index (χ3n) is 6.41. The number of rotatable bonds is 14. The highest BCUT2D eigenvalue weighted by Crippen LogP contribution is 2.66. The van der Waals surface area contributed by atoms with Crippen molar-refractivity contribution in [3.8, 4) is 0 Å². The molecule has 0 amide bonds. The Hall–Kier alpha value is -2.32. The summed E-state index contributed by atoms with van der Waals surface area (Å²) in [6.07, 6.45) is -12.5. The molecule has 0 aromatic carbocycles. The highest BCUT2D eigenvalue weighted by molar-refractivity contribution is 7.73. The van der Waals surface area contributed by atoms with E-state index in [9.17, 15) is 77.4 Å². The van der Waals surface area contributed by atoms with Gasteiger partial charge in [0.15, 0.2) is 12.5 Å². The average Bonchev–Trinajstić information content (AvgIpc) is 3.38. The number of aliphatic hydroxyl groups excluding tert-OH is 4. The number of ether oxygens (including phenoxy) is 2. The Bertz CT molecular complexity index is 1820. The number of aromatic nitrogens is 4. The first-order valence-corrected chi connectivity index (χ1v) is 19.1. The zero-order valence-electron chi connectivity index (χ0n) is 23.8. The average molecular weight is 789 g/mol. The molecule has 0 saturated carbocycles. The van der Waals surface area contributed by atoms with Gasteiger partial charge in [-0.25, -0.2) is 27.8 Å². The lowest BCUT2D eigenvalue weighted by molar-refractivity contribution is -0.0541. The molecule has 2 aliphatic heterocycles. The summed E-state index contributed by atoms with van der Waals surface area (Å²) in [6.45, 7) is -2.37. The standard InChI is InChI=1S/C18H27N5O22P4/c24-9-1-3-22(17(30)19-9)15-13(28)11(26)7(42-15)5-40-48(36,37)44-46(32,33)21-47(34,35)45-49(38,39)41-6-8-12(27)14(29)16(43-8)23-4-2-10(25)20-18(23)31/h1-4,7-8,11-16,26-29H,5-6H2,(H,36,37)(H,38,39)(H,19,24,30)(H,20,25,31)(H3,21,32,33,34,35)/t7-,8-,11-,12-,13-,14-,15+,16+/m1/s1. The smallest absolute Gasteiger partial charge is 0.387 e. The molecule has 2 aliphatic rings. The van der Waals surface area contributed by atoms with Gasteiger partial charge in [-0.1, -0.05) is 0 Å². The van der Waals surface area contributed by atoms with Gasteiger partial charge in [-0.2, -0.15) is 8.62 Å². The molecule has 31 heteroatoms. The molecule has 0 spiro atoms. The summed E-state index contributed by atoms with van der Waals surface area (Å²) in [6, 6.07) is 1.74. The fraction of sp³-hybridized carbons (Fsp3) is 0.556. The molecule has 49 heavy (non-hydrogen) atoms. The van der Waals surface area contributed by atoms with Crippen LogP contribution in [0.1, 0.15) is 12.5 Å². The minimum atomic E-state index is -5.99. The lowest BCUT2D eigenvalue weighted by Crippen LogP contribution is -2.37. The van der Waals surface area contributed by atoms with E-state index in [1.807, 2.05) is 9.97 Å². The number of phosphoric acid groups is 2. The van der Waals surface area contributed by atoms with Gasteiger partial charge in [-0.15, -0.1) is 4.86 Å². The summed E-state index contributed by atoms with van der Waals surface area (Å²) in [7, 11) is -23.5. The van der Waals surface area contributed by atoms with Crippen LogP contribution in [0.3, 0.4) is 0 Å². The molecule has 276 valence electrons. The largest absolute Gasteiger partial charge is 0.480 e. The second kappa shape index (κ2) is 14.7. The van der Waals surface area contributed by atoms with E-state index in [0.717, 1.165) is 29.4 Å². The number of hydrogen-bond acceptors (Lipinski definition) is 18. The summed E-state index contributed by atoms with van der Waals surface area (Å²) in [5.41, 5.74) is -3.75. The first-order chi connectivity index (χ1) is 22.5. The number of hydrogen-bond donors (Lipinski definition) is 11. The van der Waals surface area contributed by atoms with Crippen molar-refractivity contribution in [2.45, 2.75) is 49.1 Å². The van der Waals surface area contributed by atoms with Gasteiger partial charge in [0, 0.05) is 24.5 Å². The predicted octanol–water partition coefficient (Wildman–Crippen LogP) is -4.62. The van der Waals surface area contributed by atoms with E-state index in [1.54, 1.807) is 0 Å². The predicted molar refractivity (Wildman–Crippen MR) is 151 cm³/mol. The third kappa shape index (κ3) is 9.93. The van der Waals surface area contributed by atoms with E-state index in [-0.39, 0.29) is 0 Å². The quantitative estimate of drug-likeness (QED) is 0.0802. The van der Waals surface area contributed by atoms with E-state index in [1.165, 1.54) is 0 Å². The molecular formula is C18H27N5O22P4. The minimum Gasteiger partial charge on any atom is -0.387 e. The molecule has 2 aromatic heterocycles. The molecule has 11 N–H and O–H groups in total. The zero-order valence-corrected chi connectivity index (χ0v) is 27.4. The van der Waals surface area contributed by atoms with E-state index in [0.29, 0.717) is 9.13 Å². The van der Waals surface area contributed by atoms with Gasteiger partial charge in [0.25, 0.3) is 11.1 Å². The maximum Gasteiger partial charge on any atom is 0.480 e. The molecule has 0 radical (unpaired) electrons. The van der Waals surface area contributed by atoms with Crippen molar-refractivity contribution in [2.75, 3.05) is 13.2 Å². The normalized spacial score (nSPS) is 32.2. The van der Waals surface area contributed by atoms with Crippen molar-refractivity contribution in [1.82, 2.24) is 24.0 Å². The molecule has 2 saturated heterocycles. The Morgan fingerprint density at radius 2 is 1.00 bits per heavy atom. The van der Waals surface area contributed by atoms with E-state index < -0.39 is 116 Å². The Morgan fingerprint density at radius 3 is 1.33 bits per heavy atom. The first kappa shape index (κ1) is 39.5. The van der Waals surface area contributed by atoms with Gasteiger partial charge in [-0.3, -0.25) is 37.7 Å². The number of nitrogens with one attached hydrogen (secondary N) is 3. The van der Waals surface area contributed by atoms with E-state index in [4.69, 9.17) is 9.47 Å². The Kier molecular flexibility index (Phi) is 11.9. The Morgan fingerprint density at radius 1 is 0.653 bits per heavy atom. The fourth-order valence-corrected chi connectivity index (χ4v) is 9.82. The van der Waals surface area contributed by atoms with Crippen molar-refractivity contribution in [2.24, 2.45) is 0 Å². The Balaban J connectivity index is 1.31. The van der Waals surface area contributed by atoms with Crippen molar-refractivity contribution in [3.05, 3.63) is 66.2 Å². The molecule has 27 nitrogen and oxygen atoms in total. The lowest BCUT2D eigenvalue weighted by Gasteiger charge is -2.22. The van der Waals surface area contributed by atoms with Crippen molar-refractivity contribution < 1.29 is 85.4 Å². The van der Waals surface area contributed by atoms with Gasteiger partial charge in [0.1, 0.15) is 36.6 Å². The summed E-state index contributed by atoms with van der Waals surface area (Å²) in [4.78, 5) is 90.2. The van der Waals surface area contributed by atoms with Gasteiger partial charge in [0.05, 0.1) is 13.2 Å². The van der Waals surface area contributed by atoms with Gasteiger partial charge < -0.3 is 49.5 Å². The molecule has 0 bridgehead atoms. The van der Waals surface area contributed by atoms with Crippen molar-refractivity contribution >= 4 is 31.1 Å². The molecule has 2 aromatic rings. The summed E-state index contributed by atoms with van der Waals surface area (Å²) >= 11 is 0. The summed E-state index contributed by atoms with van der Waals surface area (Å²) < 4.78 is 77.5. The van der Waals surface area contributed by atoms with Gasteiger partial charge in [0.2, 0.25) is 0 Å². The van der Waals surface area contributed by atoms with Crippen LogP contribution in [0.2, 0.25) is 0 Å². The van der Waals surface area contributed by atoms with E-state index in [2.05, 4.69) is 17.7 Å². The molecule has 4 heterocycles. The second-order valence-electron chi connectivity index (χ2n) is 9.96. The zero-order chi connectivity index (χ0) is 36.7. The van der Waals surface area contributed by atoms with Gasteiger partial charge >= 0.3 is 42.5 Å². The lowest BCUT2D eigenvalue weighted by atomic mass is 10.1. The molecular weight excluding hydrogens is 762 g/mol. The summed E-state index contributed by atoms with van der Waals surface area (Å²) in [5, 5.41) is 40.7. The number of phosphoric ester groups is 2. The molecule has 4 unspecified atom stereocenters. The van der Waals surface area contributed by atoms with Crippen LogP contribution in [0, 0.1) is 0 Å². The number of nitrogens with zero attached hydrogens (tertiary/aromatic N) is 2. The third-order valence-corrected chi connectivity index (χ3v) is 12.8. The Labute approximate surface area is 269 Å². The van der Waals surface area contributed by atoms with Gasteiger partial charge in [-0.05, 0) is 0 Å². The highest BCUT2D eigenvalue weighted by atomic mass is 31.3. The van der Waals surface area contributed by atoms with Crippen LogP contribution in [0.4, 0.5) is 0 Å². The molecule has 4 rings (SSSR count). The van der Waals surface area contributed by atoms with Crippen molar-refractivity contribution in [1.29, 1.82) is 0 Å². The highest BCUT2D eigenvalue weighted by Gasteiger charge is 2.49. The van der Waals surface area contributed by atoms with Crippen LogP contribution >= 0.6 is 31.1 Å². The van der Waals surface area contributed by atoms with Crippen LogP contribution in [0.5, 0.6) is 0 Å². The maximum atomic E-state index is 12.3. The van der Waals surface area contributed by atoms with Crippen LogP contribution in [-0.4, -0.2) is 109 Å². The van der Waals surface area contributed by atoms with E-state index >= 15 is 0 Å². The van der Waals surface area contributed by atoms with Crippen LogP contribution in [0.25, 0.3) is 0 Å². The molecule has 2 fully saturated rings. The summed E-state index contributed by atoms with van der Waals surface area (Å²) in [5.74, 6) is 0. The monoisotopic (exact) mass is 789 g/mol. The van der Waals surface area contributed by atoms with Crippen LogP contribution < -0.4 is 27.4 Å². The van der Waals surface area contributed by atoms with Crippen LogP contribution in [-0.2, 0) is 45.4 Å². The minimum absolute atomic E-state index is 0.652. The topological polar surface area (TPSA) is 407 Å². The number of aliphatic hydroxyl groups is 4.